The number of H-pyrrole nitrogens is 1. The van der Waals surface area contributed by atoms with Gasteiger partial charge in [0.25, 0.3) is 0 Å². The van der Waals surface area contributed by atoms with Gasteiger partial charge in [-0.05, 0) is 40.5 Å². The van der Waals surface area contributed by atoms with Crippen LogP contribution in [-0.2, 0) is 0 Å². The molecule has 15 heavy (non-hydrogen) atoms. The summed E-state index contributed by atoms with van der Waals surface area (Å²) in [5, 5.41) is 1.31. The van der Waals surface area contributed by atoms with Crippen molar-refractivity contribution >= 4 is 10.9 Å². The van der Waals surface area contributed by atoms with Crippen LogP contribution in [0.1, 0.15) is 39.2 Å². The molecule has 0 saturated heterocycles. The van der Waals surface area contributed by atoms with Crippen LogP contribution >= 0.6 is 0 Å². The van der Waals surface area contributed by atoms with Crippen LogP contribution in [0.5, 0.6) is 0 Å². The Balaban J connectivity index is 2.44. The number of nitrogens with one attached hydrogen (secondary N) is 1. The number of aromatic nitrogens is 1. The van der Waals surface area contributed by atoms with Gasteiger partial charge in [-0.25, -0.2) is 0 Å². The maximum Gasteiger partial charge on any atom is 0.0454 e. The van der Waals surface area contributed by atoms with E-state index in [9.17, 15) is 0 Å². The highest BCUT2D eigenvalue weighted by molar-refractivity contribution is 5.80. The lowest BCUT2D eigenvalue weighted by molar-refractivity contribution is 0.340. The summed E-state index contributed by atoms with van der Waals surface area (Å²) in [6, 6.07) is 8.83. The Bertz CT molecular complexity index is 459. The summed E-state index contributed by atoms with van der Waals surface area (Å²) < 4.78 is 0. The number of hydrogen-bond donors (Lipinski definition) is 1. The van der Waals surface area contributed by atoms with Crippen molar-refractivity contribution in [2.45, 2.75) is 33.6 Å². The monoisotopic (exact) mass is 201 g/mol. The van der Waals surface area contributed by atoms with E-state index >= 15 is 0 Å². The van der Waals surface area contributed by atoms with Gasteiger partial charge in [0.05, 0.1) is 0 Å². The fourth-order valence-corrected chi connectivity index (χ4v) is 1.84. The molecule has 0 amide bonds. The molecule has 0 saturated carbocycles. The van der Waals surface area contributed by atoms with Gasteiger partial charge in [-0.1, -0.05) is 33.8 Å². The number of benzene rings is 1. The zero-order chi connectivity index (χ0) is 11.1. The highest BCUT2D eigenvalue weighted by Crippen LogP contribution is 2.35. The first-order valence-electron chi connectivity index (χ1n) is 5.55. The first kappa shape index (κ1) is 10.3. The van der Waals surface area contributed by atoms with Crippen molar-refractivity contribution in [1.29, 1.82) is 0 Å². The highest BCUT2D eigenvalue weighted by atomic mass is 14.7. The van der Waals surface area contributed by atoms with Gasteiger partial charge in [0.15, 0.2) is 0 Å². The van der Waals surface area contributed by atoms with E-state index in [0.717, 1.165) is 0 Å². The van der Waals surface area contributed by atoms with Crippen molar-refractivity contribution in [1.82, 2.24) is 4.98 Å². The third kappa shape index (κ3) is 1.92. The quantitative estimate of drug-likeness (QED) is 0.707. The van der Waals surface area contributed by atoms with Crippen molar-refractivity contribution in [2.75, 3.05) is 0 Å². The SMILES string of the molecule is CC(c1ccc2[nH]ccc2c1)C(C)(C)C. The van der Waals surface area contributed by atoms with E-state index in [2.05, 4.69) is 56.9 Å². The molecule has 1 atom stereocenters. The minimum absolute atomic E-state index is 0.323. The summed E-state index contributed by atoms with van der Waals surface area (Å²) in [6.07, 6.45) is 2.00. The van der Waals surface area contributed by atoms with Crippen molar-refractivity contribution in [3.05, 3.63) is 36.0 Å². The molecule has 1 unspecified atom stereocenters. The molecule has 0 aliphatic carbocycles. The normalized spacial score (nSPS) is 14.4. The predicted octanol–water partition coefficient (Wildman–Crippen LogP) is 4.32. The number of hydrogen-bond acceptors (Lipinski definition) is 0. The molecule has 1 nitrogen and oxygen atoms in total. The summed E-state index contributed by atoms with van der Waals surface area (Å²) in [7, 11) is 0. The smallest absolute Gasteiger partial charge is 0.0454 e. The summed E-state index contributed by atoms with van der Waals surface area (Å²) in [6.45, 7) is 9.17. The van der Waals surface area contributed by atoms with E-state index in [4.69, 9.17) is 0 Å². The molecular weight excluding hydrogens is 182 g/mol. The Morgan fingerprint density at radius 1 is 1.13 bits per heavy atom. The molecule has 0 bridgehead atoms. The standard InChI is InChI=1S/C14H19N/c1-10(14(2,3)4)11-5-6-13-12(9-11)7-8-15-13/h5-10,15H,1-4H3. The maximum atomic E-state index is 3.22. The van der Waals surface area contributed by atoms with E-state index in [-0.39, 0.29) is 0 Å². The molecule has 1 heterocycles. The van der Waals surface area contributed by atoms with Crippen LogP contribution in [0.25, 0.3) is 10.9 Å². The second kappa shape index (κ2) is 3.41. The van der Waals surface area contributed by atoms with Gasteiger partial charge in [-0.15, -0.1) is 0 Å². The maximum absolute atomic E-state index is 3.22. The zero-order valence-electron chi connectivity index (χ0n) is 9.96. The van der Waals surface area contributed by atoms with Gasteiger partial charge in [-0.2, -0.15) is 0 Å². The molecule has 0 aliphatic heterocycles. The van der Waals surface area contributed by atoms with Crippen LogP contribution in [-0.4, -0.2) is 4.98 Å². The Hall–Kier alpha value is -1.24. The molecule has 1 aromatic heterocycles. The van der Waals surface area contributed by atoms with Crippen LogP contribution < -0.4 is 0 Å². The molecule has 1 N–H and O–H groups in total. The Morgan fingerprint density at radius 3 is 2.53 bits per heavy atom. The van der Waals surface area contributed by atoms with Gasteiger partial charge >= 0.3 is 0 Å². The number of fused-ring (bicyclic) bond motifs is 1. The van der Waals surface area contributed by atoms with E-state index in [1.165, 1.54) is 16.5 Å². The first-order valence-corrected chi connectivity index (χ1v) is 5.55. The average molecular weight is 201 g/mol. The predicted molar refractivity (Wildman–Crippen MR) is 66.2 cm³/mol. The molecule has 80 valence electrons. The molecule has 2 aromatic rings. The lowest BCUT2D eigenvalue weighted by Crippen LogP contribution is -2.15. The molecule has 2 rings (SSSR count). The van der Waals surface area contributed by atoms with Crippen LogP contribution in [0.3, 0.4) is 0 Å². The topological polar surface area (TPSA) is 15.8 Å². The third-order valence-corrected chi connectivity index (χ3v) is 3.38. The van der Waals surface area contributed by atoms with Gasteiger partial charge in [0, 0.05) is 11.7 Å². The lowest BCUT2D eigenvalue weighted by Gasteiger charge is -2.27. The van der Waals surface area contributed by atoms with Crippen LogP contribution in [0.4, 0.5) is 0 Å². The highest BCUT2D eigenvalue weighted by Gasteiger charge is 2.21. The van der Waals surface area contributed by atoms with Crippen molar-refractivity contribution in [2.24, 2.45) is 5.41 Å². The van der Waals surface area contributed by atoms with Crippen LogP contribution in [0.15, 0.2) is 30.5 Å². The molecular formula is C14H19N. The fourth-order valence-electron chi connectivity index (χ4n) is 1.84. The van der Waals surface area contributed by atoms with Crippen molar-refractivity contribution in [3.63, 3.8) is 0 Å². The van der Waals surface area contributed by atoms with Crippen molar-refractivity contribution < 1.29 is 0 Å². The van der Waals surface area contributed by atoms with Gasteiger partial charge in [0.2, 0.25) is 0 Å². The van der Waals surface area contributed by atoms with E-state index < -0.39 is 0 Å². The van der Waals surface area contributed by atoms with E-state index in [1.807, 2.05) is 6.20 Å². The average Bonchev–Trinajstić information content (AvgIpc) is 2.61. The number of aromatic amines is 1. The van der Waals surface area contributed by atoms with E-state index in [1.54, 1.807) is 0 Å². The molecule has 1 heteroatoms. The lowest BCUT2D eigenvalue weighted by atomic mass is 9.78. The summed E-state index contributed by atoms with van der Waals surface area (Å²) in [5.41, 5.74) is 2.97. The van der Waals surface area contributed by atoms with Gasteiger partial charge in [0.1, 0.15) is 0 Å². The minimum atomic E-state index is 0.323. The second-order valence-corrected chi connectivity index (χ2v) is 5.41. The Morgan fingerprint density at radius 2 is 1.87 bits per heavy atom. The summed E-state index contributed by atoms with van der Waals surface area (Å²) in [5.74, 6) is 0.580. The fraction of sp³-hybridized carbons (Fsp3) is 0.429. The van der Waals surface area contributed by atoms with Gasteiger partial charge < -0.3 is 4.98 Å². The summed E-state index contributed by atoms with van der Waals surface area (Å²) >= 11 is 0. The third-order valence-electron chi connectivity index (χ3n) is 3.38. The number of rotatable bonds is 1. The van der Waals surface area contributed by atoms with Crippen molar-refractivity contribution in [3.8, 4) is 0 Å². The second-order valence-electron chi connectivity index (χ2n) is 5.41. The van der Waals surface area contributed by atoms with Crippen LogP contribution in [0.2, 0.25) is 0 Å². The zero-order valence-corrected chi connectivity index (χ0v) is 9.96. The largest absolute Gasteiger partial charge is 0.361 e. The minimum Gasteiger partial charge on any atom is -0.361 e. The Kier molecular flexibility index (Phi) is 2.34. The van der Waals surface area contributed by atoms with Crippen LogP contribution in [0, 0.1) is 5.41 Å². The molecule has 0 radical (unpaired) electrons. The Labute approximate surface area is 91.5 Å². The summed E-state index contributed by atoms with van der Waals surface area (Å²) in [4.78, 5) is 3.22. The first-order chi connectivity index (χ1) is 6.98. The molecule has 1 aromatic carbocycles. The molecule has 0 spiro atoms. The van der Waals surface area contributed by atoms with Gasteiger partial charge in [-0.3, -0.25) is 0 Å². The molecule has 0 aliphatic rings. The molecule has 0 fully saturated rings. The van der Waals surface area contributed by atoms with E-state index in [0.29, 0.717) is 11.3 Å².